The van der Waals surface area contributed by atoms with Crippen molar-refractivity contribution in [3.63, 3.8) is 0 Å². The fourth-order valence-corrected chi connectivity index (χ4v) is 2.79. The highest BCUT2D eigenvalue weighted by atomic mass is 35.5. The molecule has 164 valence electrons. The van der Waals surface area contributed by atoms with Crippen LogP contribution in [-0.4, -0.2) is 23.8 Å². The molecule has 2 N–H and O–H groups in total. The molecular weight excluding hydrogens is 438 g/mol. The van der Waals surface area contributed by atoms with Gasteiger partial charge >= 0.3 is 5.97 Å². The molecule has 3 aromatic rings. The third kappa shape index (κ3) is 5.73. The van der Waals surface area contributed by atoms with E-state index in [1.165, 1.54) is 37.4 Å². The second kappa shape index (κ2) is 10.3. The van der Waals surface area contributed by atoms with E-state index in [2.05, 4.69) is 5.16 Å². The fourth-order valence-electron chi connectivity index (χ4n) is 2.66. The van der Waals surface area contributed by atoms with Crippen molar-refractivity contribution >= 4 is 29.1 Å². The van der Waals surface area contributed by atoms with Gasteiger partial charge in [-0.2, -0.15) is 0 Å². The van der Waals surface area contributed by atoms with Crippen molar-refractivity contribution < 1.29 is 24.0 Å². The number of hydrogen-bond donors (Lipinski definition) is 1. The molecule has 0 bridgehead atoms. The van der Waals surface area contributed by atoms with E-state index < -0.39 is 10.9 Å². The molecule has 10 heteroatoms. The SMILES string of the molecule is COc1ccc(C(=O)O/N=C(\N)c2ccc([N+](=O)[O-])cc2)cc1COc1ccc(Cl)cc1. The van der Waals surface area contributed by atoms with Crippen molar-refractivity contribution in [1.29, 1.82) is 0 Å². The van der Waals surface area contributed by atoms with Crippen LogP contribution in [0.4, 0.5) is 5.69 Å². The average molecular weight is 456 g/mol. The van der Waals surface area contributed by atoms with Crippen molar-refractivity contribution in [3.05, 3.63) is 98.6 Å². The summed E-state index contributed by atoms with van der Waals surface area (Å²) in [6.07, 6.45) is 0. The predicted octanol–water partition coefficient (Wildman–Crippen LogP) is 4.31. The zero-order valence-corrected chi connectivity index (χ0v) is 17.6. The maximum Gasteiger partial charge on any atom is 0.365 e. The first-order chi connectivity index (χ1) is 15.4. The molecule has 0 aromatic heterocycles. The van der Waals surface area contributed by atoms with Crippen molar-refractivity contribution in [2.24, 2.45) is 10.9 Å². The minimum atomic E-state index is -0.745. The molecule has 0 amide bonds. The maximum atomic E-state index is 12.4. The summed E-state index contributed by atoms with van der Waals surface area (Å²) in [6, 6.07) is 16.9. The number of nitro groups is 1. The standard InChI is InChI=1S/C22H18ClN3O6/c1-30-20-11-4-15(12-16(20)13-31-19-9-5-17(23)6-10-19)22(27)32-25-21(24)14-2-7-18(8-3-14)26(28)29/h2-12H,13H2,1H3,(H2,24,25). The number of amidine groups is 1. The Balaban J connectivity index is 1.70. The Labute approximate surface area is 188 Å². The molecule has 0 aliphatic rings. The first-order valence-electron chi connectivity index (χ1n) is 9.22. The highest BCUT2D eigenvalue weighted by Crippen LogP contribution is 2.23. The molecule has 0 saturated carbocycles. The van der Waals surface area contributed by atoms with E-state index >= 15 is 0 Å². The Bertz CT molecular complexity index is 1150. The van der Waals surface area contributed by atoms with Crippen LogP contribution in [0.15, 0.2) is 71.9 Å². The number of ether oxygens (including phenoxy) is 2. The molecule has 0 unspecified atom stereocenters. The lowest BCUT2D eigenvalue weighted by Crippen LogP contribution is -2.15. The summed E-state index contributed by atoms with van der Waals surface area (Å²) >= 11 is 5.87. The van der Waals surface area contributed by atoms with Gasteiger partial charge in [0.2, 0.25) is 0 Å². The van der Waals surface area contributed by atoms with Crippen LogP contribution in [0.3, 0.4) is 0 Å². The number of methoxy groups -OCH3 is 1. The molecule has 0 aliphatic heterocycles. The van der Waals surface area contributed by atoms with Crippen LogP contribution in [0.1, 0.15) is 21.5 Å². The number of carbonyl (C=O) groups is 1. The number of hydrogen-bond acceptors (Lipinski definition) is 7. The van der Waals surface area contributed by atoms with E-state index in [1.807, 2.05) is 0 Å². The van der Waals surface area contributed by atoms with Gasteiger partial charge in [-0.3, -0.25) is 10.1 Å². The van der Waals surface area contributed by atoms with Crippen LogP contribution < -0.4 is 15.2 Å². The van der Waals surface area contributed by atoms with Gasteiger partial charge in [0.05, 0.1) is 17.6 Å². The quantitative estimate of drug-likeness (QED) is 0.176. The van der Waals surface area contributed by atoms with Crippen molar-refractivity contribution in [3.8, 4) is 11.5 Å². The van der Waals surface area contributed by atoms with E-state index in [4.69, 9.17) is 31.6 Å². The van der Waals surface area contributed by atoms with Gasteiger partial charge in [0.25, 0.3) is 5.69 Å². The monoisotopic (exact) mass is 455 g/mol. The van der Waals surface area contributed by atoms with Gasteiger partial charge < -0.3 is 20.0 Å². The van der Waals surface area contributed by atoms with E-state index in [1.54, 1.807) is 36.4 Å². The highest BCUT2D eigenvalue weighted by Gasteiger charge is 2.13. The first-order valence-corrected chi connectivity index (χ1v) is 9.60. The van der Waals surface area contributed by atoms with E-state index in [0.717, 1.165) is 0 Å². The maximum absolute atomic E-state index is 12.4. The van der Waals surface area contributed by atoms with Gasteiger partial charge in [-0.1, -0.05) is 16.8 Å². The number of benzene rings is 3. The van der Waals surface area contributed by atoms with Crippen LogP contribution in [0.25, 0.3) is 0 Å². The van der Waals surface area contributed by atoms with E-state index in [-0.39, 0.29) is 23.7 Å². The minimum absolute atomic E-state index is 0.0925. The smallest absolute Gasteiger partial charge is 0.365 e. The van der Waals surface area contributed by atoms with Crippen LogP contribution in [0, 0.1) is 10.1 Å². The molecule has 0 atom stereocenters. The number of rotatable bonds is 8. The number of nitrogens with two attached hydrogens (primary N) is 1. The Hall–Kier alpha value is -4.11. The number of carbonyl (C=O) groups excluding carboxylic acids is 1. The molecule has 3 rings (SSSR count). The average Bonchev–Trinajstić information content (AvgIpc) is 2.81. The molecule has 0 fully saturated rings. The van der Waals surface area contributed by atoms with Crippen LogP contribution >= 0.6 is 11.6 Å². The molecule has 0 spiro atoms. The highest BCUT2D eigenvalue weighted by molar-refractivity contribution is 6.30. The second-order valence-corrected chi connectivity index (χ2v) is 6.86. The molecule has 32 heavy (non-hydrogen) atoms. The summed E-state index contributed by atoms with van der Waals surface area (Å²) in [6.45, 7) is 0.139. The third-order valence-electron chi connectivity index (χ3n) is 4.32. The lowest BCUT2D eigenvalue weighted by Gasteiger charge is -2.11. The van der Waals surface area contributed by atoms with Crippen LogP contribution in [0.2, 0.25) is 5.02 Å². The molecule has 3 aromatic carbocycles. The van der Waals surface area contributed by atoms with E-state index in [0.29, 0.717) is 27.6 Å². The molecule has 0 radical (unpaired) electrons. The molecule has 0 aliphatic carbocycles. The summed E-state index contributed by atoms with van der Waals surface area (Å²) < 4.78 is 11.0. The number of oxime groups is 1. The van der Waals surface area contributed by atoms with Gasteiger partial charge in [-0.25, -0.2) is 4.79 Å². The van der Waals surface area contributed by atoms with Gasteiger partial charge in [0, 0.05) is 28.3 Å². The van der Waals surface area contributed by atoms with Gasteiger partial charge in [-0.05, 0) is 54.6 Å². The van der Waals surface area contributed by atoms with Crippen LogP contribution in [-0.2, 0) is 11.4 Å². The number of nitrogens with zero attached hydrogens (tertiary/aromatic N) is 2. The predicted molar refractivity (Wildman–Crippen MR) is 118 cm³/mol. The zero-order valence-electron chi connectivity index (χ0n) is 16.9. The zero-order chi connectivity index (χ0) is 23.1. The second-order valence-electron chi connectivity index (χ2n) is 6.43. The number of nitro benzene ring substituents is 1. The molecule has 0 saturated heterocycles. The summed E-state index contributed by atoms with van der Waals surface area (Å²) in [5.41, 5.74) is 6.90. The summed E-state index contributed by atoms with van der Waals surface area (Å²) in [4.78, 5) is 27.5. The van der Waals surface area contributed by atoms with Crippen molar-refractivity contribution in [2.75, 3.05) is 7.11 Å². The Morgan fingerprint density at radius 1 is 1.06 bits per heavy atom. The number of halogens is 1. The lowest BCUT2D eigenvalue weighted by atomic mass is 10.1. The molecular formula is C22H18ClN3O6. The molecule has 0 heterocycles. The van der Waals surface area contributed by atoms with Crippen molar-refractivity contribution in [2.45, 2.75) is 6.61 Å². The van der Waals surface area contributed by atoms with Crippen molar-refractivity contribution in [1.82, 2.24) is 0 Å². The van der Waals surface area contributed by atoms with Crippen LogP contribution in [0.5, 0.6) is 11.5 Å². The topological polar surface area (TPSA) is 126 Å². The Morgan fingerprint density at radius 2 is 1.72 bits per heavy atom. The third-order valence-corrected chi connectivity index (χ3v) is 4.58. The molecule has 9 nitrogen and oxygen atoms in total. The van der Waals surface area contributed by atoms with Gasteiger partial charge in [0.1, 0.15) is 18.1 Å². The normalized spacial score (nSPS) is 11.0. The lowest BCUT2D eigenvalue weighted by molar-refractivity contribution is -0.384. The van der Waals surface area contributed by atoms with Gasteiger partial charge in [-0.15, -0.1) is 0 Å². The summed E-state index contributed by atoms with van der Waals surface area (Å²) in [5, 5.41) is 14.9. The fraction of sp³-hybridized carbons (Fsp3) is 0.0909. The number of non-ortho nitro benzene ring substituents is 1. The summed E-state index contributed by atoms with van der Waals surface area (Å²) in [5.74, 6) is 0.285. The van der Waals surface area contributed by atoms with E-state index in [9.17, 15) is 14.9 Å². The Morgan fingerprint density at radius 3 is 2.34 bits per heavy atom. The summed E-state index contributed by atoms with van der Waals surface area (Å²) in [7, 11) is 1.51. The first kappa shape index (κ1) is 22.6. The Kier molecular flexibility index (Phi) is 7.25. The minimum Gasteiger partial charge on any atom is -0.496 e. The van der Waals surface area contributed by atoms with Gasteiger partial charge in [0.15, 0.2) is 5.84 Å². The largest absolute Gasteiger partial charge is 0.496 e.